The van der Waals surface area contributed by atoms with Crippen molar-refractivity contribution in [2.45, 2.75) is 0 Å². The Hall–Kier alpha value is -9.36. The molecule has 1 aliphatic rings. The molecule has 0 saturated carbocycles. The van der Waals surface area contributed by atoms with Gasteiger partial charge >= 0.3 is 0 Å². The minimum absolute atomic E-state index is 0.658. The zero-order chi connectivity index (χ0) is 45.6. The van der Waals surface area contributed by atoms with Gasteiger partial charge in [-0.05, 0) is 177 Å². The predicted molar refractivity (Wildman–Crippen MR) is 287 cm³/mol. The molecule has 1 aromatic heterocycles. The van der Waals surface area contributed by atoms with Crippen molar-refractivity contribution in [2.75, 3.05) is 0 Å². The molecule has 69 heavy (non-hydrogen) atoms. The molecule has 3 nitrogen and oxygen atoms in total. The van der Waals surface area contributed by atoms with Crippen molar-refractivity contribution in [1.82, 2.24) is 9.55 Å². The summed E-state index contributed by atoms with van der Waals surface area (Å²) in [5, 5.41) is 19.4. The van der Waals surface area contributed by atoms with Crippen LogP contribution in [-0.4, -0.2) is 9.55 Å². The Morgan fingerprint density at radius 1 is 0.319 bits per heavy atom. The van der Waals surface area contributed by atoms with Crippen molar-refractivity contribution in [3.63, 3.8) is 0 Å². The Morgan fingerprint density at radius 2 is 0.841 bits per heavy atom. The number of benzene rings is 12. The molecular weight excluding hydrogens is 835 g/mol. The summed E-state index contributed by atoms with van der Waals surface area (Å²) < 4.78 is 2.27. The van der Waals surface area contributed by atoms with Crippen molar-refractivity contribution in [3.05, 3.63) is 242 Å². The van der Waals surface area contributed by atoms with E-state index >= 15 is 0 Å². The van der Waals surface area contributed by atoms with Crippen LogP contribution in [0.2, 0.25) is 0 Å². The van der Waals surface area contributed by atoms with E-state index in [2.05, 4.69) is 217 Å². The Bertz CT molecular complexity index is 4260. The first-order chi connectivity index (χ1) is 34.2. The van der Waals surface area contributed by atoms with Crippen molar-refractivity contribution in [2.24, 2.45) is 0 Å². The van der Waals surface area contributed by atoms with E-state index in [1.807, 2.05) is 30.3 Å². The molecule has 1 aliphatic carbocycles. The lowest BCUT2D eigenvalue weighted by molar-refractivity contribution is 1.10. The second-order valence-electron chi connectivity index (χ2n) is 18.1. The fourth-order valence-corrected chi connectivity index (χ4v) is 11.1. The van der Waals surface area contributed by atoms with Crippen LogP contribution in [0, 0.1) is 11.3 Å². The van der Waals surface area contributed by atoms with Gasteiger partial charge in [0, 0.05) is 11.3 Å². The lowest BCUT2D eigenvalue weighted by Gasteiger charge is -2.18. The van der Waals surface area contributed by atoms with Crippen molar-refractivity contribution in [1.29, 1.82) is 5.26 Å². The fourth-order valence-electron chi connectivity index (χ4n) is 11.1. The summed E-state index contributed by atoms with van der Waals surface area (Å²) in [6, 6.07) is 87.8. The van der Waals surface area contributed by atoms with Crippen molar-refractivity contribution >= 4 is 54.1 Å². The maximum atomic E-state index is 9.51. The number of nitrogens with zero attached hydrogens (tertiary/aromatic N) is 3. The highest BCUT2D eigenvalue weighted by Gasteiger charge is 2.26. The van der Waals surface area contributed by atoms with Crippen LogP contribution in [0.1, 0.15) is 5.56 Å². The summed E-state index contributed by atoms with van der Waals surface area (Å²) >= 11 is 0. The number of aromatic nitrogens is 2. The van der Waals surface area contributed by atoms with Gasteiger partial charge in [-0.25, -0.2) is 4.98 Å². The Labute approximate surface area is 399 Å². The molecule has 0 fully saturated rings. The van der Waals surface area contributed by atoms with Crippen LogP contribution in [-0.2, 0) is 0 Å². The monoisotopic (exact) mass is 873 g/mol. The Kier molecular flexibility index (Phi) is 8.65. The van der Waals surface area contributed by atoms with Crippen LogP contribution in [0.5, 0.6) is 0 Å². The minimum Gasteiger partial charge on any atom is -0.292 e. The molecule has 13 aromatic rings. The van der Waals surface area contributed by atoms with E-state index in [0.29, 0.717) is 5.56 Å². The topological polar surface area (TPSA) is 41.6 Å². The first-order valence-electron chi connectivity index (χ1n) is 23.5. The molecule has 0 unspecified atom stereocenters. The lowest BCUT2D eigenvalue weighted by Crippen LogP contribution is -1.97. The highest BCUT2D eigenvalue weighted by atomic mass is 15.1. The van der Waals surface area contributed by atoms with E-state index in [-0.39, 0.29) is 0 Å². The van der Waals surface area contributed by atoms with Gasteiger partial charge in [-0.2, -0.15) is 5.26 Å². The molecule has 0 radical (unpaired) electrons. The number of hydrogen-bond acceptors (Lipinski definition) is 2. The quantitative estimate of drug-likeness (QED) is 0.156. The standard InChI is InChI=1S/C66H39N3/c67-40-41-23-25-42(26-24-41)47-29-32-50-56(35-47)54(43-13-4-1-5-14-43)37-61-57(50)36-55(44-15-6-2-7-16-44)60-38-58-52-20-12-19-51-49(33-34-53(65(51)52)59(58)39-62(60)61)45-27-30-48(31-28-45)69-64-22-11-10-21-63(64)68-66(69)46-17-8-3-9-18-46/h1-39H. The molecule has 318 valence electrons. The molecule has 12 aromatic carbocycles. The second kappa shape index (κ2) is 15.4. The lowest BCUT2D eigenvalue weighted by atomic mass is 9.85. The predicted octanol–water partition coefficient (Wildman–Crippen LogP) is 17.5. The van der Waals surface area contributed by atoms with Crippen LogP contribution in [0.4, 0.5) is 0 Å². The summed E-state index contributed by atoms with van der Waals surface area (Å²) in [5.41, 5.74) is 19.3. The molecule has 0 spiro atoms. The van der Waals surface area contributed by atoms with Crippen molar-refractivity contribution < 1.29 is 0 Å². The van der Waals surface area contributed by atoms with Gasteiger partial charge in [0.25, 0.3) is 0 Å². The van der Waals surface area contributed by atoms with Gasteiger partial charge < -0.3 is 0 Å². The van der Waals surface area contributed by atoms with Crippen LogP contribution in [0.15, 0.2) is 237 Å². The van der Waals surface area contributed by atoms with Gasteiger partial charge in [-0.3, -0.25) is 4.57 Å². The molecule has 0 amide bonds. The second-order valence-corrected chi connectivity index (χ2v) is 18.1. The molecule has 0 bridgehead atoms. The van der Waals surface area contributed by atoms with Crippen LogP contribution in [0.3, 0.4) is 0 Å². The number of fused-ring (bicyclic) bond motifs is 9. The molecule has 0 saturated heterocycles. The maximum Gasteiger partial charge on any atom is 0.145 e. The zero-order valence-electron chi connectivity index (χ0n) is 37.4. The van der Waals surface area contributed by atoms with E-state index in [9.17, 15) is 5.26 Å². The van der Waals surface area contributed by atoms with Crippen LogP contribution < -0.4 is 0 Å². The SMILES string of the molecule is N#Cc1ccc(-c2ccc3c(c2)c(-c2ccccc2)cc2c4cc5c(cc4c(-c4ccccc4)cc32)-c2cccc3c(-c4ccc(-n6c(-c7ccccc7)nc7ccccc76)cc4)ccc-5c23)cc1. The zero-order valence-corrected chi connectivity index (χ0v) is 37.4. The molecule has 1 heterocycles. The van der Waals surface area contributed by atoms with Crippen LogP contribution >= 0.6 is 0 Å². The average Bonchev–Trinajstić information content (AvgIpc) is 3.97. The normalized spacial score (nSPS) is 11.8. The number of imidazole rings is 1. The van der Waals surface area contributed by atoms with Gasteiger partial charge in [0.1, 0.15) is 5.82 Å². The first-order valence-corrected chi connectivity index (χ1v) is 23.5. The third-order valence-corrected chi connectivity index (χ3v) is 14.4. The number of rotatable bonds is 6. The number of nitriles is 1. The maximum absolute atomic E-state index is 9.51. The minimum atomic E-state index is 0.658. The molecule has 0 aliphatic heterocycles. The van der Waals surface area contributed by atoms with Crippen LogP contribution in [0.25, 0.3) is 138 Å². The largest absolute Gasteiger partial charge is 0.292 e. The first kappa shape index (κ1) is 38.9. The summed E-state index contributed by atoms with van der Waals surface area (Å²) in [6.07, 6.45) is 0. The summed E-state index contributed by atoms with van der Waals surface area (Å²) in [6.45, 7) is 0. The molecule has 0 atom stereocenters. The molecule has 14 rings (SSSR count). The Morgan fingerprint density at radius 3 is 1.54 bits per heavy atom. The third-order valence-electron chi connectivity index (χ3n) is 14.4. The van der Waals surface area contributed by atoms with Crippen molar-refractivity contribution in [3.8, 4) is 89.9 Å². The summed E-state index contributed by atoms with van der Waals surface area (Å²) in [5.74, 6) is 0.932. The third kappa shape index (κ3) is 6.10. The fraction of sp³-hybridized carbons (Fsp3) is 0. The highest BCUT2D eigenvalue weighted by molar-refractivity contribution is 6.27. The van der Waals surface area contributed by atoms with E-state index in [4.69, 9.17) is 4.98 Å². The van der Waals surface area contributed by atoms with E-state index in [1.54, 1.807) is 0 Å². The summed E-state index contributed by atoms with van der Waals surface area (Å²) in [4.78, 5) is 5.09. The van der Waals surface area contributed by atoms with E-state index in [1.165, 1.54) is 98.7 Å². The molecule has 0 N–H and O–H groups in total. The smallest absolute Gasteiger partial charge is 0.145 e. The number of hydrogen-bond donors (Lipinski definition) is 0. The van der Waals surface area contributed by atoms with Gasteiger partial charge in [0.15, 0.2) is 0 Å². The highest BCUT2D eigenvalue weighted by Crippen LogP contribution is 2.53. The number of para-hydroxylation sites is 2. The van der Waals surface area contributed by atoms with Gasteiger partial charge in [-0.1, -0.05) is 170 Å². The van der Waals surface area contributed by atoms with Gasteiger partial charge in [-0.15, -0.1) is 0 Å². The van der Waals surface area contributed by atoms with Gasteiger partial charge in [0.05, 0.1) is 22.7 Å². The summed E-state index contributed by atoms with van der Waals surface area (Å²) in [7, 11) is 0. The average molecular weight is 874 g/mol. The molecular formula is C66H39N3. The van der Waals surface area contributed by atoms with E-state index in [0.717, 1.165) is 39.2 Å². The Balaban J connectivity index is 0.960. The van der Waals surface area contributed by atoms with E-state index < -0.39 is 0 Å². The van der Waals surface area contributed by atoms with Gasteiger partial charge in [0.2, 0.25) is 0 Å². The molecule has 3 heteroatoms.